The summed E-state index contributed by atoms with van der Waals surface area (Å²) in [5.41, 5.74) is 6.35. The van der Waals surface area contributed by atoms with E-state index in [1.165, 1.54) is 12.1 Å². The van der Waals surface area contributed by atoms with E-state index in [-0.39, 0.29) is 5.82 Å². The number of hydrogen-bond acceptors (Lipinski definition) is 6. The molecule has 0 fully saturated rings. The van der Waals surface area contributed by atoms with Crippen LogP contribution in [0.5, 0.6) is 5.75 Å². The maximum absolute atomic E-state index is 13.8. The topological polar surface area (TPSA) is 89.7 Å². The fraction of sp³-hybridized carbons (Fsp3) is 0.154. The summed E-state index contributed by atoms with van der Waals surface area (Å²) in [6.45, 7) is 5.65. The van der Waals surface area contributed by atoms with Crippen LogP contribution in [0.15, 0.2) is 47.1 Å². The van der Waals surface area contributed by atoms with Crippen molar-refractivity contribution in [2.45, 2.75) is 20.8 Å². The number of H-pyrrole nitrogens is 1. The Morgan fingerprint density at radius 3 is 2.59 bits per heavy atom. The number of methoxy groups -OCH3 is 1. The van der Waals surface area contributed by atoms with Gasteiger partial charge in [0.15, 0.2) is 0 Å². The van der Waals surface area contributed by atoms with Crippen molar-refractivity contribution in [3.05, 3.63) is 65.7 Å². The first-order chi connectivity index (χ1) is 16.4. The smallest absolute Gasteiger partial charge is 0.142 e. The Balaban J connectivity index is 1.70. The zero-order valence-electron chi connectivity index (χ0n) is 19.0. The van der Waals surface area contributed by atoms with Crippen LogP contribution in [0.3, 0.4) is 0 Å². The fourth-order valence-corrected chi connectivity index (χ4v) is 4.69. The van der Waals surface area contributed by atoms with Gasteiger partial charge in [-0.25, -0.2) is 14.4 Å². The van der Waals surface area contributed by atoms with E-state index in [0.717, 1.165) is 55.5 Å². The minimum Gasteiger partial charge on any atom is -0.496 e. The third-order valence-corrected chi connectivity index (χ3v) is 6.15. The minimum absolute atomic E-state index is 0.329. The molecule has 0 atom stereocenters. The summed E-state index contributed by atoms with van der Waals surface area (Å²) in [6, 6.07) is 10.5. The largest absolute Gasteiger partial charge is 0.496 e. The molecule has 0 radical (unpaired) electrons. The first-order valence-electron chi connectivity index (χ1n) is 10.8. The van der Waals surface area contributed by atoms with Gasteiger partial charge in [-0.1, -0.05) is 5.16 Å². The summed E-state index contributed by atoms with van der Waals surface area (Å²) < 4.78 is 25.0. The van der Waals surface area contributed by atoms with E-state index < -0.39 is 0 Å². The van der Waals surface area contributed by atoms with Crippen molar-refractivity contribution in [2.24, 2.45) is 0 Å². The molecule has 4 aromatic heterocycles. The number of aryl methyl sites for hydroxylation is 3. The van der Waals surface area contributed by atoms with Crippen LogP contribution in [-0.4, -0.2) is 32.2 Å². The highest BCUT2D eigenvalue weighted by atomic mass is 19.1. The molecule has 0 aliphatic heterocycles. The SMILES string of the molecule is COc1cc2c(cc1-c1c(C)noc1C)[nH]c1nc(C)nc(-c3ccnc4cc(F)ccc34)c12. The van der Waals surface area contributed by atoms with Gasteiger partial charge in [-0.05, 0) is 51.1 Å². The van der Waals surface area contributed by atoms with E-state index in [0.29, 0.717) is 22.7 Å². The Hall–Kier alpha value is -4.33. The van der Waals surface area contributed by atoms with Gasteiger partial charge in [0.05, 0.1) is 35.0 Å². The molecule has 0 saturated heterocycles. The Morgan fingerprint density at radius 1 is 0.971 bits per heavy atom. The predicted octanol–water partition coefficient (Wildman–Crippen LogP) is 6.05. The first-order valence-corrected chi connectivity index (χ1v) is 10.8. The van der Waals surface area contributed by atoms with Crippen LogP contribution >= 0.6 is 0 Å². The Labute approximate surface area is 193 Å². The molecule has 0 unspecified atom stereocenters. The lowest BCUT2D eigenvalue weighted by atomic mass is 9.99. The van der Waals surface area contributed by atoms with Crippen LogP contribution in [0.1, 0.15) is 17.3 Å². The summed E-state index contributed by atoms with van der Waals surface area (Å²) in [7, 11) is 1.64. The van der Waals surface area contributed by atoms with E-state index in [2.05, 4.69) is 20.1 Å². The summed E-state index contributed by atoms with van der Waals surface area (Å²) in [5, 5.41) is 6.70. The standard InChI is InChI=1S/C26H20FN5O2/c1-12-23(13(2)34-32-12)19-10-21-18(11-22(19)33-4)24-25(29-14(3)30-26(24)31-21)17-7-8-28-20-9-15(27)5-6-16(17)20/h5-11H,1-4H3,(H,29,30,31). The molecular weight excluding hydrogens is 433 g/mol. The molecule has 0 aliphatic carbocycles. The quantitative estimate of drug-likeness (QED) is 0.351. The summed E-state index contributed by atoms with van der Waals surface area (Å²) in [4.78, 5) is 17.3. The second-order valence-electron chi connectivity index (χ2n) is 8.29. The summed E-state index contributed by atoms with van der Waals surface area (Å²) in [6.07, 6.45) is 1.67. The molecule has 2 aromatic carbocycles. The number of aromatic nitrogens is 5. The van der Waals surface area contributed by atoms with Gasteiger partial charge < -0.3 is 14.2 Å². The number of ether oxygens (including phenoxy) is 1. The molecule has 0 aliphatic rings. The van der Waals surface area contributed by atoms with E-state index in [1.807, 2.05) is 39.0 Å². The molecule has 6 aromatic rings. The van der Waals surface area contributed by atoms with Gasteiger partial charge in [-0.3, -0.25) is 4.98 Å². The first kappa shape index (κ1) is 20.3. The maximum atomic E-state index is 13.8. The van der Waals surface area contributed by atoms with Crippen molar-refractivity contribution >= 4 is 32.8 Å². The maximum Gasteiger partial charge on any atom is 0.142 e. The number of halogens is 1. The van der Waals surface area contributed by atoms with Crippen molar-refractivity contribution in [2.75, 3.05) is 7.11 Å². The van der Waals surface area contributed by atoms with Gasteiger partial charge >= 0.3 is 0 Å². The molecule has 1 N–H and O–H groups in total. The van der Waals surface area contributed by atoms with Crippen molar-refractivity contribution in [1.29, 1.82) is 0 Å². The second kappa shape index (κ2) is 7.34. The van der Waals surface area contributed by atoms with Crippen LogP contribution < -0.4 is 4.74 Å². The number of pyridine rings is 1. The normalized spacial score (nSPS) is 11.7. The Kier molecular flexibility index (Phi) is 4.38. The number of fused-ring (bicyclic) bond motifs is 4. The number of nitrogens with zero attached hydrogens (tertiary/aromatic N) is 4. The van der Waals surface area contributed by atoms with Gasteiger partial charge in [0.25, 0.3) is 0 Å². The lowest BCUT2D eigenvalue weighted by Gasteiger charge is -2.10. The van der Waals surface area contributed by atoms with Crippen LogP contribution in [-0.2, 0) is 0 Å². The highest BCUT2D eigenvalue weighted by molar-refractivity contribution is 6.15. The number of aromatic amines is 1. The molecule has 7 nitrogen and oxygen atoms in total. The van der Waals surface area contributed by atoms with Crippen molar-refractivity contribution < 1.29 is 13.7 Å². The Morgan fingerprint density at radius 2 is 1.82 bits per heavy atom. The zero-order chi connectivity index (χ0) is 23.6. The highest BCUT2D eigenvalue weighted by Gasteiger charge is 2.21. The van der Waals surface area contributed by atoms with Gasteiger partial charge in [-0.2, -0.15) is 0 Å². The molecule has 34 heavy (non-hydrogen) atoms. The molecule has 0 saturated carbocycles. The van der Waals surface area contributed by atoms with Crippen LogP contribution in [0.4, 0.5) is 4.39 Å². The van der Waals surface area contributed by atoms with Crippen LogP contribution in [0.25, 0.3) is 55.2 Å². The Bertz CT molecular complexity index is 1730. The second-order valence-corrected chi connectivity index (χ2v) is 8.29. The molecule has 8 heteroatoms. The molecular formula is C26H20FN5O2. The number of benzene rings is 2. The van der Waals surface area contributed by atoms with E-state index in [4.69, 9.17) is 14.2 Å². The van der Waals surface area contributed by atoms with Gasteiger partial charge in [0, 0.05) is 39.7 Å². The van der Waals surface area contributed by atoms with Crippen molar-refractivity contribution in [3.63, 3.8) is 0 Å². The molecule has 168 valence electrons. The highest BCUT2D eigenvalue weighted by Crippen LogP contribution is 2.42. The van der Waals surface area contributed by atoms with Crippen LogP contribution in [0, 0.1) is 26.6 Å². The molecule has 0 bridgehead atoms. The molecule has 4 heterocycles. The predicted molar refractivity (Wildman–Crippen MR) is 128 cm³/mol. The zero-order valence-corrected chi connectivity index (χ0v) is 19.0. The number of nitrogens with one attached hydrogen (secondary N) is 1. The van der Waals surface area contributed by atoms with E-state index >= 15 is 0 Å². The minimum atomic E-state index is -0.329. The summed E-state index contributed by atoms with van der Waals surface area (Å²) in [5.74, 6) is 1.71. The average Bonchev–Trinajstić information content (AvgIpc) is 3.34. The van der Waals surface area contributed by atoms with Crippen molar-refractivity contribution in [1.82, 2.24) is 25.1 Å². The number of rotatable bonds is 3. The monoisotopic (exact) mass is 453 g/mol. The van der Waals surface area contributed by atoms with Crippen LogP contribution in [0.2, 0.25) is 0 Å². The third kappa shape index (κ3) is 2.95. The van der Waals surface area contributed by atoms with Gasteiger partial charge in [0.2, 0.25) is 0 Å². The molecule has 0 spiro atoms. The van der Waals surface area contributed by atoms with Crippen molar-refractivity contribution in [3.8, 4) is 28.1 Å². The fourth-order valence-electron chi connectivity index (χ4n) is 4.69. The average molecular weight is 453 g/mol. The van der Waals surface area contributed by atoms with E-state index in [9.17, 15) is 4.39 Å². The lowest BCUT2D eigenvalue weighted by Crippen LogP contribution is -1.95. The molecule has 0 amide bonds. The van der Waals surface area contributed by atoms with Gasteiger partial charge in [0.1, 0.15) is 28.8 Å². The number of hydrogen-bond donors (Lipinski definition) is 1. The summed E-state index contributed by atoms with van der Waals surface area (Å²) >= 11 is 0. The third-order valence-electron chi connectivity index (χ3n) is 6.15. The molecule has 6 rings (SSSR count). The lowest BCUT2D eigenvalue weighted by molar-refractivity contribution is 0.393. The van der Waals surface area contributed by atoms with Gasteiger partial charge in [-0.15, -0.1) is 0 Å². The van der Waals surface area contributed by atoms with E-state index in [1.54, 1.807) is 19.4 Å².